The summed E-state index contributed by atoms with van der Waals surface area (Å²) in [4.78, 5) is 19.3. The van der Waals surface area contributed by atoms with Crippen LogP contribution >= 0.6 is 15.9 Å². The summed E-state index contributed by atoms with van der Waals surface area (Å²) >= 11 is 3.71. The number of para-hydroxylation sites is 1. The highest BCUT2D eigenvalue weighted by atomic mass is 79.9. The highest BCUT2D eigenvalue weighted by Crippen LogP contribution is 2.44. The second kappa shape index (κ2) is 9.06. The normalized spacial score (nSPS) is 15.5. The van der Waals surface area contributed by atoms with E-state index < -0.39 is 0 Å². The maximum Gasteiger partial charge on any atom is 0.293 e. The van der Waals surface area contributed by atoms with Gasteiger partial charge in [-0.05, 0) is 65.0 Å². The molecule has 1 aliphatic carbocycles. The van der Waals surface area contributed by atoms with Gasteiger partial charge in [0.15, 0.2) is 5.76 Å². The number of carbonyl (C=O) groups excluding carboxylic acids is 1. The highest BCUT2D eigenvalue weighted by molar-refractivity contribution is 9.10. The van der Waals surface area contributed by atoms with E-state index in [1.165, 1.54) is 18.5 Å². The lowest BCUT2D eigenvalue weighted by atomic mass is 9.89. The van der Waals surface area contributed by atoms with Crippen molar-refractivity contribution >= 4 is 39.1 Å². The number of H-pyrrole nitrogens is 1. The van der Waals surface area contributed by atoms with E-state index in [2.05, 4.69) is 38.9 Å². The molecule has 170 valence electrons. The number of rotatable bonds is 9. The maximum absolute atomic E-state index is 11.4. The lowest BCUT2D eigenvalue weighted by Crippen LogP contribution is -2.25. The molecule has 0 amide bonds. The second-order valence-electron chi connectivity index (χ2n) is 8.63. The van der Waals surface area contributed by atoms with Gasteiger partial charge in [-0.15, -0.1) is 0 Å². The average molecular weight is 508 g/mol. The number of carbonyl (C=O) groups is 1. The lowest BCUT2D eigenvalue weighted by molar-refractivity contribution is -0.134. The molecule has 1 aliphatic rings. The van der Waals surface area contributed by atoms with Crippen LogP contribution in [0.4, 0.5) is 5.69 Å². The number of nitrogens with zero attached hydrogens (tertiary/aromatic N) is 1. The van der Waals surface area contributed by atoms with E-state index in [0.717, 1.165) is 38.7 Å². The van der Waals surface area contributed by atoms with Crippen molar-refractivity contribution in [2.24, 2.45) is 0 Å². The Bertz CT molecular complexity index is 1290. The minimum atomic E-state index is -0.305. The molecule has 2 atom stereocenters. The summed E-state index contributed by atoms with van der Waals surface area (Å²) in [6.07, 6.45) is 5.24. The van der Waals surface area contributed by atoms with Crippen LogP contribution in [0.15, 0.2) is 57.7 Å². The fourth-order valence-corrected chi connectivity index (χ4v) is 5.25. The Labute approximate surface area is 200 Å². The number of fused-ring (bicyclic) bond motifs is 1. The van der Waals surface area contributed by atoms with Crippen LogP contribution in [-0.2, 0) is 16.0 Å². The largest absolute Gasteiger partial charge is 0.464 e. The Morgan fingerprint density at radius 3 is 2.85 bits per heavy atom. The predicted molar refractivity (Wildman–Crippen MR) is 132 cm³/mol. The highest BCUT2D eigenvalue weighted by Gasteiger charge is 2.34. The molecule has 1 saturated carbocycles. The Morgan fingerprint density at radius 2 is 2.12 bits per heavy atom. The molecule has 33 heavy (non-hydrogen) atoms. The van der Waals surface area contributed by atoms with Crippen LogP contribution in [0.1, 0.15) is 55.0 Å². The van der Waals surface area contributed by atoms with Crippen molar-refractivity contribution < 1.29 is 13.9 Å². The summed E-state index contributed by atoms with van der Waals surface area (Å²) in [5, 5.41) is 0.960. The lowest BCUT2D eigenvalue weighted by Gasteiger charge is -2.24. The van der Waals surface area contributed by atoms with Crippen LogP contribution in [0.2, 0.25) is 0 Å². The van der Waals surface area contributed by atoms with Gasteiger partial charge in [-0.25, -0.2) is 4.98 Å². The number of anilines is 1. The molecule has 0 bridgehead atoms. The third kappa shape index (κ3) is 4.17. The van der Waals surface area contributed by atoms with Gasteiger partial charge in [-0.1, -0.05) is 25.1 Å². The van der Waals surface area contributed by atoms with Crippen LogP contribution in [0.3, 0.4) is 0 Å². The Kier molecular flexibility index (Phi) is 5.98. The fourth-order valence-electron chi connectivity index (χ4n) is 4.65. The number of aromatic nitrogens is 2. The number of nitrogen functional groups attached to an aromatic ring is 1. The molecule has 4 aromatic rings. The average Bonchev–Trinajstić information content (AvgIpc) is 3.47. The number of aromatic amines is 1. The first kappa shape index (κ1) is 21.8. The smallest absolute Gasteiger partial charge is 0.293 e. The van der Waals surface area contributed by atoms with Crippen LogP contribution in [0, 0.1) is 0 Å². The zero-order valence-electron chi connectivity index (χ0n) is 18.4. The van der Waals surface area contributed by atoms with Crippen molar-refractivity contribution in [3.8, 4) is 11.3 Å². The van der Waals surface area contributed by atoms with Crippen LogP contribution in [0.5, 0.6) is 0 Å². The van der Waals surface area contributed by atoms with E-state index in [1.807, 2.05) is 36.4 Å². The minimum Gasteiger partial charge on any atom is -0.464 e. The van der Waals surface area contributed by atoms with E-state index in [9.17, 15) is 4.79 Å². The molecule has 0 spiro atoms. The Balaban J connectivity index is 1.47. The van der Waals surface area contributed by atoms with Gasteiger partial charge in [0.1, 0.15) is 11.7 Å². The molecule has 6 nitrogen and oxygen atoms in total. The summed E-state index contributed by atoms with van der Waals surface area (Å²) in [5.74, 6) is 1.29. The number of hydrogen-bond donors (Lipinski definition) is 2. The molecule has 7 heteroatoms. The van der Waals surface area contributed by atoms with E-state index in [0.29, 0.717) is 30.3 Å². The van der Waals surface area contributed by atoms with Crippen molar-refractivity contribution in [3.05, 3.63) is 70.2 Å². The summed E-state index contributed by atoms with van der Waals surface area (Å²) < 4.78 is 12.6. The number of nitrogens with two attached hydrogens (primary N) is 1. The number of imidazole rings is 1. The summed E-state index contributed by atoms with van der Waals surface area (Å²) in [7, 11) is 0. The number of nitrogens with one attached hydrogen (secondary N) is 1. The van der Waals surface area contributed by atoms with Gasteiger partial charge < -0.3 is 19.9 Å². The molecule has 0 saturated heterocycles. The van der Waals surface area contributed by atoms with Crippen molar-refractivity contribution in [3.63, 3.8) is 0 Å². The molecule has 3 N–H and O–H groups in total. The van der Waals surface area contributed by atoms with Gasteiger partial charge in [0.2, 0.25) is 0 Å². The van der Waals surface area contributed by atoms with Gasteiger partial charge in [0, 0.05) is 40.6 Å². The van der Waals surface area contributed by atoms with Gasteiger partial charge in [-0.3, -0.25) is 4.79 Å². The predicted octanol–water partition coefficient (Wildman–Crippen LogP) is 6.32. The van der Waals surface area contributed by atoms with Crippen LogP contribution in [-0.4, -0.2) is 22.5 Å². The van der Waals surface area contributed by atoms with Crippen molar-refractivity contribution in [2.75, 3.05) is 5.73 Å². The van der Waals surface area contributed by atoms with Gasteiger partial charge in [0.05, 0.1) is 16.5 Å². The molecule has 0 radical (unpaired) electrons. The topological polar surface area (TPSA) is 94.1 Å². The number of halogens is 1. The molecule has 0 aliphatic heterocycles. The SMILES string of the molecule is CCC(c1nc[nH]c1C1CC1)C(Cc1ccc2oc(-c3ccccc3N)c(Br)c2c1)OC=O. The molecule has 2 unspecified atom stereocenters. The van der Waals surface area contributed by atoms with E-state index in [-0.39, 0.29) is 12.0 Å². The number of ether oxygens (including phenoxy) is 1. The van der Waals surface area contributed by atoms with Gasteiger partial charge in [-0.2, -0.15) is 0 Å². The molecule has 2 aromatic heterocycles. The fraction of sp³-hybridized carbons (Fsp3) is 0.308. The molecular weight excluding hydrogens is 482 g/mol. The maximum atomic E-state index is 11.4. The number of furan rings is 1. The van der Waals surface area contributed by atoms with Crippen LogP contribution < -0.4 is 5.73 Å². The van der Waals surface area contributed by atoms with Gasteiger partial charge >= 0.3 is 0 Å². The molecule has 1 fully saturated rings. The van der Waals surface area contributed by atoms with Crippen LogP contribution in [0.25, 0.3) is 22.3 Å². The third-order valence-electron chi connectivity index (χ3n) is 6.49. The monoisotopic (exact) mass is 507 g/mol. The number of hydrogen-bond acceptors (Lipinski definition) is 5. The Morgan fingerprint density at radius 1 is 1.30 bits per heavy atom. The third-order valence-corrected chi connectivity index (χ3v) is 7.28. The first-order chi connectivity index (χ1) is 16.1. The second-order valence-corrected chi connectivity index (χ2v) is 9.42. The molecular formula is C26H26BrN3O3. The van der Waals surface area contributed by atoms with Crippen molar-refractivity contribution in [2.45, 2.75) is 50.5 Å². The van der Waals surface area contributed by atoms with Crippen molar-refractivity contribution in [1.82, 2.24) is 9.97 Å². The van der Waals surface area contributed by atoms with Crippen molar-refractivity contribution in [1.29, 1.82) is 0 Å². The summed E-state index contributed by atoms with van der Waals surface area (Å²) in [5.41, 5.74) is 11.7. The zero-order valence-corrected chi connectivity index (χ0v) is 20.0. The summed E-state index contributed by atoms with van der Waals surface area (Å²) in [6, 6.07) is 13.7. The number of benzene rings is 2. The standard InChI is InChI=1S/C26H26BrN3O3/c1-2-17(25-24(16-8-9-16)29-13-30-25)22(32-14-31)12-15-7-10-21-19(11-15)23(27)26(33-21)18-5-3-4-6-20(18)28/h3-7,10-11,13-14,16-17,22H,2,8-9,12,28H2,1H3,(H,29,30). The molecule has 2 heterocycles. The first-order valence-corrected chi connectivity index (χ1v) is 12.1. The van der Waals surface area contributed by atoms with E-state index in [1.54, 1.807) is 6.33 Å². The zero-order chi connectivity index (χ0) is 22.9. The summed E-state index contributed by atoms with van der Waals surface area (Å²) in [6.45, 7) is 2.67. The molecule has 2 aromatic carbocycles. The molecule has 5 rings (SSSR count). The minimum absolute atomic E-state index is 0.0280. The van der Waals surface area contributed by atoms with E-state index in [4.69, 9.17) is 14.9 Å². The van der Waals surface area contributed by atoms with Gasteiger partial charge in [0.25, 0.3) is 6.47 Å². The quantitative estimate of drug-likeness (QED) is 0.204. The first-order valence-electron chi connectivity index (χ1n) is 11.3. The van der Waals surface area contributed by atoms with E-state index >= 15 is 0 Å². The Hall–Kier alpha value is -3.06.